The molecule has 1 amide bonds. The highest BCUT2D eigenvalue weighted by Crippen LogP contribution is 2.30. The van der Waals surface area contributed by atoms with Gasteiger partial charge in [0.25, 0.3) is 10.0 Å². The molecule has 12 nitrogen and oxygen atoms in total. The number of likely N-dealkylation sites (N-methyl/N-ethyl adjacent to an activating group) is 1. The number of ether oxygens (including phenoxy) is 1. The summed E-state index contributed by atoms with van der Waals surface area (Å²) < 4.78 is 64.1. The lowest BCUT2D eigenvalue weighted by atomic mass is 10.0. The average Bonchev–Trinajstić information content (AvgIpc) is 3.40. The Balaban J connectivity index is 1.68. The number of rotatable bonds is 9. The number of carbonyl (C=O) groups is 1. The Bertz CT molecular complexity index is 1640. The Hall–Kier alpha value is -3.46. The van der Waals surface area contributed by atoms with Gasteiger partial charge in [-0.3, -0.25) is 9.52 Å². The van der Waals surface area contributed by atoms with E-state index in [2.05, 4.69) is 9.71 Å². The standard InChI is InChI=1S/C28H37N5O7S2/c1-19-6-9-24(10-7-19)42(38,39)32(5)15-26-20(2)14-33(21(3)17-34)28(35)13-22-12-23(8-11-25(22)40-26)30-41(36,37)27-16-31(4)18-29-27/h6-12,16,18,20-21,26,30,34H,13-15,17H2,1-5H3/t20-,21+,26-/m0/s1. The van der Waals surface area contributed by atoms with Crippen LogP contribution in [0.1, 0.15) is 25.0 Å². The molecule has 0 spiro atoms. The van der Waals surface area contributed by atoms with Gasteiger partial charge in [-0.15, -0.1) is 0 Å². The summed E-state index contributed by atoms with van der Waals surface area (Å²) in [5.74, 6) is -0.271. The number of aliphatic hydroxyl groups excluding tert-OH is 1. The summed E-state index contributed by atoms with van der Waals surface area (Å²) in [6.45, 7) is 5.41. The summed E-state index contributed by atoms with van der Waals surface area (Å²) in [4.78, 5) is 19.1. The Labute approximate surface area is 247 Å². The quantitative estimate of drug-likeness (QED) is 0.369. The molecular formula is C28H37N5O7S2. The normalized spacial score (nSPS) is 18.9. The van der Waals surface area contributed by atoms with Crippen LogP contribution in [0.4, 0.5) is 5.69 Å². The number of nitrogens with one attached hydrogen (secondary N) is 1. The molecule has 2 aromatic carbocycles. The summed E-state index contributed by atoms with van der Waals surface area (Å²) in [5, 5.41) is 9.71. The van der Waals surface area contributed by atoms with Gasteiger partial charge in [-0.05, 0) is 44.2 Å². The van der Waals surface area contributed by atoms with Crippen LogP contribution in [-0.4, -0.2) is 85.5 Å². The highest BCUT2D eigenvalue weighted by molar-refractivity contribution is 7.92. The van der Waals surface area contributed by atoms with Gasteiger partial charge in [0.15, 0.2) is 5.03 Å². The second-order valence-corrected chi connectivity index (χ2v) is 14.5. The number of nitrogens with zero attached hydrogens (tertiary/aromatic N) is 4. The topological polar surface area (TPSA) is 151 Å². The lowest BCUT2D eigenvalue weighted by Crippen LogP contribution is -2.48. The SMILES string of the molecule is Cc1ccc(S(=O)(=O)N(C)C[C@@H]2Oc3ccc(NS(=O)(=O)c4cn(C)cn4)cc3CC(=O)N([C@H](C)CO)C[C@@H]2C)cc1. The largest absolute Gasteiger partial charge is 0.488 e. The Morgan fingerprint density at radius 1 is 1.17 bits per heavy atom. The Kier molecular flexibility index (Phi) is 9.30. The van der Waals surface area contributed by atoms with Crippen LogP contribution in [0.2, 0.25) is 0 Å². The first-order valence-corrected chi connectivity index (χ1v) is 16.4. The maximum atomic E-state index is 13.5. The molecule has 42 heavy (non-hydrogen) atoms. The zero-order valence-electron chi connectivity index (χ0n) is 24.3. The number of sulfonamides is 2. The second kappa shape index (κ2) is 12.4. The Morgan fingerprint density at radius 2 is 1.86 bits per heavy atom. The van der Waals surface area contributed by atoms with Gasteiger partial charge in [0.1, 0.15) is 11.9 Å². The number of hydrogen-bond acceptors (Lipinski definition) is 8. The third kappa shape index (κ3) is 6.94. The van der Waals surface area contributed by atoms with Gasteiger partial charge < -0.3 is 19.3 Å². The van der Waals surface area contributed by atoms with Crippen molar-refractivity contribution in [3.05, 3.63) is 66.1 Å². The van der Waals surface area contributed by atoms with Crippen molar-refractivity contribution in [1.29, 1.82) is 0 Å². The van der Waals surface area contributed by atoms with Crippen LogP contribution in [0.3, 0.4) is 0 Å². The molecule has 1 aliphatic heterocycles. The number of carbonyl (C=O) groups excluding carboxylic acids is 1. The van der Waals surface area contributed by atoms with E-state index in [1.807, 2.05) is 13.8 Å². The zero-order valence-corrected chi connectivity index (χ0v) is 25.9. The molecule has 0 fully saturated rings. The van der Waals surface area contributed by atoms with Crippen molar-refractivity contribution in [2.75, 3.05) is 31.5 Å². The van der Waals surface area contributed by atoms with Crippen LogP contribution < -0.4 is 9.46 Å². The molecule has 0 saturated heterocycles. The monoisotopic (exact) mass is 619 g/mol. The predicted octanol–water partition coefficient (Wildman–Crippen LogP) is 2.00. The summed E-state index contributed by atoms with van der Waals surface area (Å²) in [6, 6.07) is 10.7. The second-order valence-electron chi connectivity index (χ2n) is 10.8. The van der Waals surface area contributed by atoms with Crippen molar-refractivity contribution in [1.82, 2.24) is 18.8 Å². The van der Waals surface area contributed by atoms with Crippen LogP contribution in [0.15, 0.2) is 64.9 Å². The molecule has 1 aromatic heterocycles. The van der Waals surface area contributed by atoms with E-state index in [9.17, 15) is 26.7 Å². The van der Waals surface area contributed by atoms with E-state index in [0.717, 1.165) is 5.56 Å². The summed E-state index contributed by atoms with van der Waals surface area (Å²) >= 11 is 0. The van der Waals surface area contributed by atoms with Crippen LogP contribution >= 0.6 is 0 Å². The van der Waals surface area contributed by atoms with E-state index in [1.165, 1.54) is 40.6 Å². The first-order chi connectivity index (χ1) is 19.7. The number of amides is 1. The molecule has 228 valence electrons. The first-order valence-electron chi connectivity index (χ1n) is 13.4. The minimum Gasteiger partial charge on any atom is -0.488 e. The molecule has 0 unspecified atom stereocenters. The summed E-state index contributed by atoms with van der Waals surface area (Å²) in [7, 11) is -4.69. The minimum atomic E-state index is -3.99. The lowest BCUT2D eigenvalue weighted by molar-refractivity contribution is -0.134. The van der Waals surface area contributed by atoms with Crippen molar-refractivity contribution in [3.63, 3.8) is 0 Å². The van der Waals surface area contributed by atoms with Crippen LogP contribution in [-0.2, 0) is 38.3 Å². The fourth-order valence-corrected chi connectivity index (χ4v) is 6.90. The number of imidazole rings is 1. The highest BCUT2D eigenvalue weighted by atomic mass is 32.2. The smallest absolute Gasteiger partial charge is 0.280 e. The van der Waals surface area contributed by atoms with Gasteiger partial charge in [0.2, 0.25) is 15.9 Å². The van der Waals surface area contributed by atoms with Crippen LogP contribution in [0, 0.1) is 12.8 Å². The molecule has 2 N–H and O–H groups in total. The molecule has 0 aliphatic carbocycles. The number of fused-ring (bicyclic) bond motifs is 1. The van der Waals surface area contributed by atoms with E-state index in [0.29, 0.717) is 11.3 Å². The maximum Gasteiger partial charge on any atom is 0.280 e. The number of benzene rings is 2. The lowest BCUT2D eigenvalue weighted by Gasteiger charge is -2.33. The van der Waals surface area contributed by atoms with E-state index >= 15 is 0 Å². The van der Waals surface area contributed by atoms with E-state index < -0.39 is 32.2 Å². The number of anilines is 1. The third-order valence-electron chi connectivity index (χ3n) is 7.29. The zero-order chi connectivity index (χ0) is 30.8. The van der Waals surface area contributed by atoms with Crippen molar-refractivity contribution < 1.29 is 31.5 Å². The van der Waals surface area contributed by atoms with Crippen molar-refractivity contribution in [3.8, 4) is 5.75 Å². The fraction of sp³-hybridized carbons (Fsp3) is 0.429. The van der Waals surface area contributed by atoms with Gasteiger partial charge in [0, 0.05) is 44.0 Å². The van der Waals surface area contributed by atoms with Crippen molar-refractivity contribution in [2.45, 2.75) is 49.3 Å². The molecule has 0 saturated carbocycles. The van der Waals surface area contributed by atoms with E-state index in [1.54, 1.807) is 49.2 Å². The van der Waals surface area contributed by atoms with E-state index in [-0.39, 0.29) is 53.6 Å². The van der Waals surface area contributed by atoms with Gasteiger partial charge in [-0.1, -0.05) is 24.6 Å². The van der Waals surface area contributed by atoms with Crippen molar-refractivity contribution in [2.24, 2.45) is 13.0 Å². The summed E-state index contributed by atoms with van der Waals surface area (Å²) in [6.07, 6.45) is 1.95. The first kappa shape index (κ1) is 31.5. The maximum absolute atomic E-state index is 13.5. The molecule has 3 atom stereocenters. The molecule has 0 radical (unpaired) electrons. The minimum absolute atomic E-state index is 0.0135. The van der Waals surface area contributed by atoms with Crippen LogP contribution in [0.25, 0.3) is 0 Å². The molecule has 2 heterocycles. The van der Waals surface area contributed by atoms with Gasteiger partial charge in [0.05, 0.1) is 36.8 Å². The van der Waals surface area contributed by atoms with Crippen LogP contribution in [0.5, 0.6) is 5.75 Å². The van der Waals surface area contributed by atoms with Gasteiger partial charge in [-0.2, -0.15) is 12.7 Å². The highest BCUT2D eigenvalue weighted by Gasteiger charge is 2.33. The molecule has 0 bridgehead atoms. The fourth-order valence-electron chi connectivity index (χ4n) is 4.69. The molecule has 4 rings (SSSR count). The van der Waals surface area contributed by atoms with E-state index in [4.69, 9.17) is 4.74 Å². The number of aromatic nitrogens is 2. The predicted molar refractivity (Wildman–Crippen MR) is 157 cm³/mol. The number of aliphatic hydroxyl groups is 1. The van der Waals surface area contributed by atoms with Gasteiger partial charge in [-0.25, -0.2) is 13.4 Å². The molecule has 3 aromatic rings. The summed E-state index contributed by atoms with van der Waals surface area (Å²) in [5.41, 5.74) is 1.56. The average molecular weight is 620 g/mol. The van der Waals surface area contributed by atoms with Crippen molar-refractivity contribution >= 4 is 31.6 Å². The molecule has 14 heteroatoms. The number of hydrogen-bond donors (Lipinski definition) is 2. The molecular weight excluding hydrogens is 582 g/mol. The number of aryl methyl sites for hydroxylation is 2. The Morgan fingerprint density at radius 3 is 2.48 bits per heavy atom. The van der Waals surface area contributed by atoms with Gasteiger partial charge >= 0.3 is 0 Å². The molecule has 1 aliphatic rings. The third-order valence-corrected chi connectivity index (χ3v) is 10.4.